The van der Waals surface area contributed by atoms with Crippen molar-refractivity contribution in [1.29, 1.82) is 0 Å². The first kappa shape index (κ1) is 16.7. The minimum absolute atomic E-state index is 0.0704. The summed E-state index contributed by atoms with van der Waals surface area (Å²) in [6.07, 6.45) is 0. The Hall–Kier alpha value is -2.70. The topological polar surface area (TPSA) is 90.1 Å². The van der Waals surface area contributed by atoms with Crippen LogP contribution < -0.4 is 5.32 Å². The molecule has 0 saturated heterocycles. The molecule has 1 N–H and O–H groups in total. The van der Waals surface area contributed by atoms with Crippen molar-refractivity contribution in [3.63, 3.8) is 0 Å². The summed E-state index contributed by atoms with van der Waals surface area (Å²) < 4.78 is 1.75. The van der Waals surface area contributed by atoms with Crippen LogP contribution in [0.1, 0.15) is 45.8 Å². The van der Waals surface area contributed by atoms with Crippen LogP contribution in [-0.2, 0) is 7.05 Å². The number of carbonyl (C=O) groups is 1. The lowest BCUT2D eigenvalue weighted by Crippen LogP contribution is -2.28. The van der Waals surface area contributed by atoms with Crippen LogP contribution >= 0.6 is 0 Å². The van der Waals surface area contributed by atoms with Crippen LogP contribution in [0.2, 0.25) is 0 Å². The van der Waals surface area contributed by atoms with E-state index in [1.54, 1.807) is 23.7 Å². The molecule has 0 saturated carbocycles. The van der Waals surface area contributed by atoms with Crippen LogP contribution in [0.25, 0.3) is 0 Å². The Bertz CT molecular complexity index is 780. The number of nitro groups is 1. The molecule has 122 valence electrons. The first-order chi connectivity index (χ1) is 10.7. The number of nitrogens with zero attached hydrogens (tertiary/aromatic N) is 3. The summed E-state index contributed by atoms with van der Waals surface area (Å²) in [6.45, 7) is 7.26. The van der Waals surface area contributed by atoms with Gasteiger partial charge in [0.1, 0.15) is 5.56 Å². The van der Waals surface area contributed by atoms with Crippen LogP contribution in [0.5, 0.6) is 0 Å². The third kappa shape index (κ3) is 3.08. The zero-order valence-corrected chi connectivity index (χ0v) is 13.9. The number of carbonyl (C=O) groups excluding carboxylic acids is 1. The van der Waals surface area contributed by atoms with Crippen molar-refractivity contribution in [2.75, 3.05) is 0 Å². The largest absolute Gasteiger partial charge is 0.345 e. The highest BCUT2D eigenvalue weighted by atomic mass is 16.6. The lowest BCUT2D eigenvalue weighted by atomic mass is 10.0. The first-order valence-electron chi connectivity index (χ1n) is 7.29. The lowest BCUT2D eigenvalue weighted by Gasteiger charge is -2.15. The van der Waals surface area contributed by atoms with Gasteiger partial charge in [0.25, 0.3) is 11.6 Å². The quantitative estimate of drug-likeness (QED) is 0.693. The number of hydrogen-bond acceptors (Lipinski definition) is 4. The third-order valence-corrected chi connectivity index (χ3v) is 4.01. The van der Waals surface area contributed by atoms with E-state index in [4.69, 9.17) is 0 Å². The molecule has 0 fully saturated rings. The van der Waals surface area contributed by atoms with Gasteiger partial charge in [-0.1, -0.05) is 12.1 Å². The van der Waals surface area contributed by atoms with Gasteiger partial charge >= 0.3 is 0 Å². The second-order valence-corrected chi connectivity index (χ2v) is 5.63. The van der Waals surface area contributed by atoms with Crippen molar-refractivity contribution in [3.8, 4) is 0 Å². The average Bonchev–Trinajstić information content (AvgIpc) is 2.71. The molecule has 7 heteroatoms. The summed E-state index contributed by atoms with van der Waals surface area (Å²) in [5.74, 6) is -0.462. The summed E-state index contributed by atoms with van der Waals surface area (Å²) in [6, 6.07) is 4.43. The van der Waals surface area contributed by atoms with Gasteiger partial charge in [-0.15, -0.1) is 0 Å². The van der Waals surface area contributed by atoms with Crippen molar-refractivity contribution < 1.29 is 9.72 Å². The number of para-hydroxylation sites is 1. The highest BCUT2D eigenvalue weighted by Gasteiger charge is 2.25. The van der Waals surface area contributed by atoms with Crippen molar-refractivity contribution in [2.24, 2.45) is 7.05 Å². The standard InChI is InChI=1S/C16H20N4O3/c1-9-7-6-8-13(15(9)20(22)23)16(21)17-10(2)14-11(3)18-19(5)12(14)4/h6-8,10H,1-5H3,(H,17,21)/t10-/m1/s1. The number of aromatic nitrogens is 2. The highest BCUT2D eigenvalue weighted by Crippen LogP contribution is 2.25. The van der Waals surface area contributed by atoms with E-state index >= 15 is 0 Å². The van der Waals surface area contributed by atoms with Gasteiger partial charge in [-0.05, 0) is 33.8 Å². The Kier molecular flexibility index (Phi) is 4.49. The van der Waals surface area contributed by atoms with Crippen molar-refractivity contribution in [3.05, 3.63) is 56.4 Å². The SMILES string of the molecule is Cc1cccc(C(=O)N[C@H](C)c2c(C)nn(C)c2C)c1[N+](=O)[O-]. The molecule has 0 aliphatic heterocycles. The number of nitrogens with one attached hydrogen (secondary N) is 1. The maximum Gasteiger partial charge on any atom is 0.285 e. The van der Waals surface area contributed by atoms with Gasteiger partial charge < -0.3 is 5.32 Å². The summed E-state index contributed by atoms with van der Waals surface area (Å²) >= 11 is 0. The second kappa shape index (κ2) is 6.20. The van der Waals surface area contributed by atoms with E-state index in [9.17, 15) is 14.9 Å². The van der Waals surface area contributed by atoms with Crippen LogP contribution in [0.3, 0.4) is 0 Å². The van der Waals surface area contributed by atoms with Crippen molar-refractivity contribution >= 4 is 11.6 Å². The monoisotopic (exact) mass is 316 g/mol. The van der Waals surface area contributed by atoms with E-state index in [0.717, 1.165) is 17.0 Å². The number of aryl methyl sites for hydroxylation is 3. The van der Waals surface area contributed by atoms with Crippen LogP contribution in [-0.4, -0.2) is 20.6 Å². The lowest BCUT2D eigenvalue weighted by molar-refractivity contribution is -0.385. The second-order valence-electron chi connectivity index (χ2n) is 5.63. The fourth-order valence-corrected chi connectivity index (χ4v) is 2.85. The summed E-state index contributed by atoms with van der Waals surface area (Å²) in [5, 5.41) is 18.4. The van der Waals surface area contributed by atoms with E-state index in [1.165, 1.54) is 6.07 Å². The van der Waals surface area contributed by atoms with Crippen molar-refractivity contribution in [2.45, 2.75) is 33.7 Å². The van der Waals surface area contributed by atoms with E-state index in [0.29, 0.717) is 5.56 Å². The molecule has 1 aromatic carbocycles. The van der Waals surface area contributed by atoms with Crippen LogP contribution in [0, 0.1) is 30.9 Å². The minimum atomic E-state index is -0.518. The van der Waals surface area contributed by atoms with E-state index < -0.39 is 10.8 Å². The molecule has 0 spiro atoms. The summed E-state index contributed by atoms with van der Waals surface area (Å²) in [7, 11) is 1.84. The molecule has 1 atom stereocenters. The minimum Gasteiger partial charge on any atom is -0.345 e. The zero-order chi connectivity index (χ0) is 17.3. The zero-order valence-electron chi connectivity index (χ0n) is 13.9. The van der Waals surface area contributed by atoms with Gasteiger partial charge in [-0.25, -0.2) is 0 Å². The highest BCUT2D eigenvalue weighted by molar-refractivity contribution is 5.98. The molecular weight excluding hydrogens is 296 g/mol. The van der Waals surface area contributed by atoms with Gasteiger partial charge in [0.05, 0.1) is 16.7 Å². The van der Waals surface area contributed by atoms with E-state index in [-0.39, 0.29) is 17.3 Å². The fourth-order valence-electron chi connectivity index (χ4n) is 2.85. The predicted molar refractivity (Wildman–Crippen MR) is 86.4 cm³/mol. The van der Waals surface area contributed by atoms with Gasteiger partial charge in [-0.3, -0.25) is 19.6 Å². The number of amides is 1. The van der Waals surface area contributed by atoms with E-state index in [1.807, 2.05) is 27.8 Å². The Labute approximate surface area is 134 Å². The smallest absolute Gasteiger partial charge is 0.285 e. The van der Waals surface area contributed by atoms with Gasteiger partial charge in [0, 0.05) is 23.9 Å². The molecule has 0 radical (unpaired) electrons. The van der Waals surface area contributed by atoms with Gasteiger partial charge in [0.15, 0.2) is 0 Å². The Morgan fingerprint density at radius 3 is 2.52 bits per heavy atom. The molecule has 0 unspecified atom stereocenters. The predicted octanol–water partition coefficient (Wildman–Crippen LogP) is 2.74. The number of benzene rings is 1. The number of rotatable bonds is 4. The van der Waals surface area contributed by atoms with Crippen LogP contribution in [0.4, 0.5) is 5.69 Å². The molecular formula is C16H20N4O3. The molecule has 7 nitrogen and oxygen atoms in total. The maximum absolute atomic E-state index is 12.5. The molecule has 1 heterocycles. The molecule has 1 amide bonds. The maximum atomic E-state index is 12.5. The Morgan fingerprint density at radius 1 is 1.35 bits per heavy atom. The van der Waals surface area contributed by atoms with Gasteiger partial charge in [0.2, 0.25) is 0 Å². The average molecular weight is 316 g/mol. The third-order valence-electron chi connectivity index (χ3n) is 4.01. The van der Waals surface area contributed by atoms with Crippen LogP contribution in [0.15, 0.2) is 18.2 Å². The first-order valence-corrected chi connectivity index (χ1v) is 7.29. The molecule has 2 aromatic rings. The molecule has 1 aromatic heterocycles. The Morgan fingerprint density at radius 2 is 2.00 bits per heavy atom. The van der Waals surface area contributed by atoms with Gasteiger partial charge in [-0.2, -0.15) is 5.10 Å². The molecule has 0 aliphatic carbocycles. The Balaban J connectivity index is 2.33. The number of hydrogen-bond donors (Lipinski definition) is 1. The molecule has 0 aliphatic rings. The van der Waals surface area contributed by atoms with Crippen molar-refractivity contribution in [1.82, 2.24) is 15.1 Å². The normalized spacial score (nSPS) is 12.0. The summed E-state index contributed by atoms with van der Waals surface area (Å²) in [4.78, 5) is 23.2. The molecule has 0 bridgehead atoms. The summed E-state index contributed by atoms with van der Waals surface area (Å²) in [5.41, 5.74) is 3.09. The number of nitro benzene ring substituents is 1. The molecule has 2 rings (SSSR count). The van der Waals surface area contributed by atoms with E-state index in [2.05, 4.69) is 10.4 Å². The fraction of sp³-hybridized carbons (Fsp3) is 0.375. The molecule has 23 heavy (non-hydrogen) atoms.